The zero-order valence-corrected chi connectivity index (χ0v) is 27.8. The summed E-state index contributed by atoms with van der Waals surface area (Å²) in [6.45, 7) is 6.56. The second-order valence-corrected chi connectivity index (χ2v) is 17.1. The molecule has 3 N–H and O–H groups in total. The normalized spacial score (nSPS) is 22.4. The van der Waals surface area contributed by atoms with Crippen LogP contribution in [0.2, 0.25) is 23.7 Å². The number of hydrogen-bond acceptors (Lipinski definition) is 7. The van der Waals surface area contributed by atoms with E-state index in [-0.39, 0.29) is 29.9 Å². The number of carbonyl (C=O) groups excluding carboxylic acids is 2. The molecule has 1 saturated heterocycles. The number of hydrogen-bond donors (Lipinski definition) is 3. The summed E-state index contributed by atoms with van der Waals surface area (Å²) >= 11 is 6.53. The van der Waals surface area contributed by atoms with E-state index in [1.165, 1.54) is 0 Å². The summed E-state index contributed by atoms with van der Waals surface area (Å²) in [5.41, 5.74) is 2.68. The van der Waals surface area contributed by atoms with Gasteiger partial charge in [-0.3, -0.25) is 14.3 Å². The van der Waals surface area contributed by atoms with Gasteiger partial charge in [0.2, 0.25) is 0 Å². The molecule has 46 heavy (non-hydrogen) atoms. The van der Waals surface area contributed by atoms with Crippen molar-refractivity contribution in [1.82, 2.24) is 15.0 Å². The Kier molecular flexibility index (Phi) is 8.88. The summed E-state index contributed by atoms with van der Waals surface area (Å²) < 4.78 is 8.59. The van der Waals surface area contributed by atoms with E-state index in [1.807, 2.05) is 74.6 Å². The molecule has 0 unspecified atom stereocenters. The van der Waals surface area contributed by atoms with Gasteiger partial charge >= 0.3 is 0 Å². The molecule has 1 fully saturated rings. The number of amides is 2. The number of fused-ring (bicyclic) bond motifs is 2. The molecule has 3 aromatic carbocycles. The lowest BCUT2D eigenvalue weighted by Crippen LogP contribution is -2.46. The van der Waals surface area contributed by atoms with E-state index in [0.717, 1.165) is 11.3 Å². The van der Waals surface area contributed by atoms with Gasteiger partial charge < -0.3 is 24.9 Å². The van der Waals surface area contributed by atoms with Crippen molar-refractivity contribution >= 4 is 43.1 Å². The van der Waals surface area contributed by atoms with Crippen LogP contribution in [0.15, 0.2) is 79.0 Å². The number of rotatable bonds is 10. The number of nitrogens with one attached hydrogen (secondary N) is 1. The smallest absolute Gasteiger partial charge is 0.264 e. The fourth-order valence-electron chi connectivity index (χ4n) is 7.08. The highest BCUT2D eigenvalue weighted by molar-refractivity contribution is 6.71. The van der Waals surface area contributed by atoms with Crippen LogP contribution in [0.1, 0.15) is 40.5 Å². The first-order chi connectivity index (χ1) is 22.0. The number of benzene rings is 3. The van der Waals surface area contributed by atoms with Crippen LogP contribution in [0.4, 0.5) is 11.4 Å². The average molecular weight is 660 g/mol. The first-order valence-electron chi connectivity index (χ1n) is 15.5. The lowest BCUT2D eigenvalue weighted by atomic mass is 9.82. The highest BCUT2D eigenvalue weighted by Gasteiger charge is 2.66. The number of carbonyl (C=O) groups is 2. The molecule has 0 radical (unpaired) electrons. The molecule has 12 heteroatoms. The van der Waals surface area contributed by atoms with Gasteiger partial charge in [0.1, 0.15) is 0 Å². The van der Waals surface area contributed by atoms with Crippen molar-refractivity contribution in [3.05, 3.63) is 106 Å². The topological polar surface area (TPSA) is 130 Å². The van der Waals surface area contributed by atoms with Crippen LogP contribution < -0.4 is 10.2 Å². The molecule has 3 heterocycles. The van der Waals surface area contributed by atoms with Gasteiger partial charge in [0.05, 0.1) is 24.0 Å². The number of aliphatic hydroxyl groups is 1. The summed E-state index contributed by atoms with van der Waals surface area (Å²) in [6.07, 6.45) is 2.34. The SMILES string of the molecule is C[C@H]1[C@H]([Si](C)(C)O)[C@@H](CCn2cc(CCO)nn2)O[C@]12C(=O)N(Cc1ccc(NC(=O)c3ccccc3)cc1)c1ccc(Cl)cc12. The van der Waals surface area contributed by atoms with Gasteiger partial charge in [0, 0.05) is 59.1 Å². The monoisotopic (exact) mass is 659 g/mol. The number of ether oxygens (including phenoxy) is 1. The molecule has 0 bridgehead atoms. The van der Waals surface area contributed by atoms with E-state index in [2.05, 4.69) is 15.6 Å². The van der Waals surface area contributed by atoms with Crippen molar-refractivity contribution in [2.45, 2.75) is 63.2 Å². The van der Waals surface area contributed by atoms with Crippen LogP contribution >= 0.6 is 11.6 Å². The van der Waals surface area contributed by atoms with Crippen LogP contribution in [-0.2, 0) is 34.6 Å². The van der Waals surface area contributed by atoms with E-state index in [9.17, 15) is 19.5 Å². The Morgan fingerprint density at radius 3 is 2.54 bits per heavy atom. The van der Waals surface area contributed by atoms with Gasteiger partial charge in [0.15, 0.2) is 13.9 Å². The summed E-state index contributed by atoms with van der Waals surface area (Å²) in [4.78, 5) is 40.5. The number of aryl methyl sites for hydroxylation is 1. The molecule has 1 spiro atoms. The van der Waals surface area contributed by atoms with E-state index in [0.29, 0.717) is 53.5 Å². The minimum atomic E-state index is -2.84. The van der Waals surface area contributed by atoms with Gasteiger partial charge in [-0.1, -0.05) is 54.1 Å². The highest BCUT2D eigenvalue weighted by Crippen LogP contribution is 2.60. The molecule has 1 aromatic heterocycles. The average Bonchev–Trinajstić information content (AvgIpc) is 3.67. The lowest BCUT2D eigenvalue weighted by molar-refractivity contribution is -0.146. The summed E-state index contributed by atoms with van der Waals surface area (Å²) in [7, 11) is -2.84. The Morgan fingerprint density at radius 2 is 1.85 bits per heavy atom. The van der Waals surface area contributed by atoms with Crippen LogP contribution in [0, 0.1) is 5.92 Å². The van der Waals surface area contributed by atoms with E-state index in [1.54, 1.807) is 34.0 Å². The quantitative estimate of drug-likeness (QED) is 0.201. The Labute approximate surface area is 274 Å². The fourth-order valence-corrected chi connectivity index (χ4v) is 9.86. The second-order valence-electron chi connectivity index (χ2n) is 12.7. The zero-order valence-electron chi connectivity index (χ0n) is 26.1. The Bertz CT molecular complexity index is 1730. The Morgan fingerprint density at radius 1 is 1.11 bits per heavy atom. The van der Waals surface area contributed by atoms with Crippen LogP contribution in [0.25, 0.3) is 0 Å². The first kappa shape index (κ1) is 32.1. The highest BCUT2D eigenvalue weighted by atomic mass is 35.5. The fraction of sp³-hybridized carbons (Fsp3) is 0.353. The van der Waals surface area contributed by atoms with Gasteiger partial charge in [-0.15, -0.1) is 5.10 Å². The number of nitrogens with zero attached hydrogens (tertiary/aromatic N) is 4. The molecule has 10 nitrogen and oxygen atoms in total. The van der Waals surface area contributed by atoms with Crippen LogP contribution in [0.5, 0.6) is 0 Å². The summed E-state index contributed by atoms with van der Waals surface area (Å²) in [5.74, 6) is -0.706. The van der Waals surface area contributed by atoms with Crippen molar-refractivity contribution in [1.29, 1.82) is 0 Å². The predicted molar refractivity (Wildman–Crippen MR) is 178 cm³/mol. The third-order valence-electron chi connectivity index (χ3n) is 9.13. The minimum absolute atomic E-state index is 0.00755. The summed E-state index contributed by atoms with van der Waals surface area (Å²) in [6, 6.07) is 21.9. The second kappa shape index (κ2) is 12.7. The molecule has 2 aliphatic heterocycles. The molecule has 4 atom stereocenters. The van der Waals surface area contributed by atoms with E-state index < -0.39 is 20.0 Å². The largest absolute Gasteiger partial charge is 0.432 e. The van der Waals surface area contributed by atoms with E-state index >= 15 is 0 Å². The summed E-state index contributed by atoms with van der Waals surface area (Å²) in [5, 5.41) is 21.0. The first-order valence-corrected chi connectivity index (χ1v) is 18.9. The number of aliphatic hydroxyl groups excluding tert-OH is 1. The van der Waals surface area contributed by atoms with Crippen LogP contribution in [-0.4, -0.2) is 57.7 Å². The number of aromatic nitrogens is 3. The van der Waals surface area contributed by atoms with Gasteiger partial charge in [0.25, 0.3) is 11.8 Å². The molecule has 0 aliphatic carbocycles. The van der Waals surface area contributed by atoms with Crippen molar-refractivity contribution in [3.63, 3.8) is 0 Å². The molecular weight excluding hydrogens is 622 g/mol. The number of anilines is 2. The van der Waals surface area contributed by atoms with Crippen molar-refractivity contribution in [3.8, 4) is 0 Å². The van der Waals surface area contributed by atoms with E-state index in [4.69, 9.17) is 16.3 Å². The molecule has 240 valence electrons. The van der Waals surface area contributed by atoms with Crippen molar-refractivity contribution < 1.29 is 24.2 Å². The third kappa shape index (κ3) is 6.01. The Balaban J connectivity index is 1.26. The molecule has 4 aromatic rings. The predicted octanol–water partition coefficient (Wildman–Crippen LogP) is 5.15. The number of halogens is 1. The zero-order chi connectivity index (χ0) is 32.6. The van der Waals surface area contributed by atoms with Gasteiger partial charge in [-0.05, 0) is 67.5 Å². The van der Waals surface area contributed by atoms with Crippen molar-refractivity contribution in [2.24, 2.45) is 5.92 Å². The maximum absolute atomic E-state index is 14.6. The maximum atomic E-state index is 14.6. The molecular formula is C34H38ClN5O5Si. The van der Waals surface area contributed by atoms with Gasteiger partial charge in [-0.25, -0.2) is 0 Å². The Hall–Kier alpha value is -3.87. The van der Waals surface area contributed by atoms with Crippen LogP contribution in [0.3, 0.4) is 0 Å². The standard InChI is InChI=1S/C34H38ClN5O5Si/c1-22-31(46(2,3)44)30(15-17-39-21-27(16-18-41)37-38-39)45-34(22)28-19-25(35)11-14-29(28)40(33(34)43)20-23-9-12-26(13-10-23)36-32(42)24-7-5-4-6-8-24/h4-14,19,21-22,30-31,41,44H,15-18,20H2,1-3H3,(H,36,42)/t22-,30+,31-,34+/m0/s1. The third-order valence-corrected chi connectivity index (χ3v) is 11.9. The van der Waals surface area contributed by atoms with Gasteiger partial charge in [-0.2, -0.15) is 0 Å². The molecule has 0 saturated carbocycles. The van der Waals surface area contributed by atoms with Crippen molar-refractivity contribution in [2.75, 3.05) is 16.8 Å². The minimum Gasteiger partial charge on any atom is -0.432 e. The maximum Gasteiger partial charge on any atom is 0.264 e. The molecule has 2 aliphatic rings. The molecule has 6 rings (SSSR count). The molecule has 2 amide bonds. The lowest BCUT2D eigenvalue weighted by Gasteiger charge is -2.32.